The molecule has 0 radical (unpaired) electrons. The highest BCUT2D eigenvalue weighted by atomic mass is 32.2. The van der Waals surface area contributed by atoms with Crippen molar-refractivity contribution in [1.29, 1.82) is 0 Å². The van der Waals surface area contributed by atoms with Crippen molar-refractivity contribution >= 4 is 17.3 Å². The van der Waals surface area contributed by atoms with Crippen LogP contribution >= 0.6 is 11.8 Å². The second-order valence-electron chi connectivity index (χ2n) is 11.0. The molecule has 0 N–H and O–H groups in total. The Labute approximate surface area is 290 Å². The maximum absolute atomic E-state index is 5.98. The first-order valence-electron chi connectivity index (χ1n) is 17.1. The monoisotopic (exact) mass is 648 g/mol. The Morgan fingerprint density at radius 1 is 0.630 bits per heavy atom. The van der Waals surface area contributed by atoms with Gasteiger partial charge in [-0.3, -0.25) is 0 Å². The predicted octanol–water partition coefficient (Wildman–Crippen LogP) is 14.9. The van der Waals surface area contributed by atoms with Gasteiger partial charge in [0.15, 0.2) is 0 Å². The molecular weight excluding hydrogens is 581 g/mol. The summed E-state index contributed by atoms with van der Waals surface area (Å²) in [4.78, 5) is 2.34. The van der Waals surface area contributed by atoms with E-state index in [1.165, 1.54) is 10.5 Å². The summed E-state index contributed by atoms with van der Waals surface area (Å²) in [7, 11) is 0. The van der Waals surface area contributed by atoms with Crippen LogP contribution in [-0.4, -0.2) is 5.60 Å². The van der Waals surface area contributed by atoms with Gasteiger partial charge in [0, 0.05) is 9.80 Å². The second kappa shape index (κ2) is 27.0. The van der Waals surface area contributed by atoms with Crippen LogP contribution in [0, 0.1) is 0 Å². The van der Waals surface area contributed by atoms with E-state index >= 15 is 0 Å². The molecule has 2 aromatic rings. The summed E-state index contributed by atoms with van der Waals surface area (Å²) in [5, 5.41) is 0. The Morgan fingerprint density at radius 3 is 1.57 bits per heavy atom. The zero-order chi connectivity index (χ0) is 36.3. The van der Waals surface area contributed by atoms with Crippen LogP contribution in [0.25, 0.3) is 5.57 Å². The maximum atomic E-state index is 5.98. The molecule has 0 bridgehead atoms. The van der Waals surface area contributed by atoms with Crippen molar-refractivity contribution in [2.75, 3.05) is 0 Å². The van der Waals surface area contributed by atoms with E-state index in [0.717, 1.165) is 27.6 Å². The number of allylic oxidation sites excluding steroid dienone is 8. The van der Waals surface area contributed by atoms with E-state index in [-0.39, 0.29) is 11.0 Å². The summed E-state index contributed by atoms with van der Waals surface area (Å²) >= 11 is 1.73. The third kappa shape index (κ3) is 20.8. The third-order valence-corrected chi connectivity index (χ3v) is 6.67. The standard InChI is InChI=1S/C35H44O2S.4C2H6/c1-11-27(15-20-30(12-2)37-35(8,9)10)28-16-21-31(22-17-28)36-26(4)14-23-32(13-3)38-33-24-18-29(19-25-33)34(5,6)7;4*1-2/h11-25H,4H2,1-3,5-10H3;4*1-2H3/b20-15-,23-14-,27-11+,30-12+,32-13+;;;;. The highest BCUT2D eigenvalue weighted by Gasteiger charge is 2.13. The van der Waals surface area contributed by atoms with Gasteiger partial charge in [-0.25, -0.2) is 0 Å². The molecule has 258 valence electrons. The number of hydrogen-bond acceptors (Lipinski definition) is 3. The number of hydrogen-bond donors (Lipinski definition) is 0. The smallest absolute Gasteiger partial charge is 0.127 e. The predicted molar refractivity (Wildman–Crippen MR) is 213 cm³/mol. The largest absolute Gasteiger partial charge is 0.489 e. The van der Waals surface area contributed by atoms with E-state index in [4.69, 9.17) is 9.47 Å². The lowest BCUT2D eigenvalue weighted by molar-refractivity contribution is 0.0597. The fourth-order valence-electron chi connectivity index (χ4n) is 3.50. The van der Waals surface area contributed by atoms with Crippen LogP contribution in [0.4, 0.5) is 0 Å². The number of rotatable bonds is 10. The topological polar surface area (TPSA) is 18.5 Å². The molecule has 0 aliphatic carbocycles. The minimum atomic E-state index is -0.234. The zero-order valence-corrected chi connectivity index (χ0v) is 33.4. The number of thioether (sulfide) groups is 1. The van der Waals surface area contributed by atoms with E-state index < -0.39 is 0 Å². The Kier molecular flexibility index (Phi) is 27.7. The molecule has 2 rings (SSSR count). The Morgan fingerprint density at radius 2 is 1.15 bits per heavy atom. The third-order valence-electron chi connectivity index (χ3n) is 5.56. The molecule has 2 aromatic carbocycles. The first-order chi connectivity index (χ1) is 21.8. The van der Waals surface area contributed by atoms with Gasteiger partial charge in [0.1, 0.15) is 22.9 Å². The first-order valence-corrected chi connectivity index (χ1v) is 18.0. The normalized spacial score (nSPS) is 12.0. The van der Waals surface area contributed by atoms with E-state index in [1.54, 1.807) is 11.8 Å². The Hall–Kier alpha value is -3.17. The van der Waals surface area contributed by atoms with Crippen molar-refractivity contribution < 1.29 is 9.47 Å². The van der Waals surface area contributed by atoms with Crippen LogP contribution in [0.1, 0.15) is 129 Å². The lowest BCUT2D eigenvalue weighted by atomic mass is 9.87. The summed E-state index contributed by atoms with van der Waals surface area (Å²) in [5.74, 6) is 2.19. The summed E-state index contributed by atoms with van der Waals surface area (Å²) < 4.78 is 12.0. The quantitative estimate of drug-likeness (QED) is 0.145. The van der Waals surface area contributed by atoms with Gasteiger partial charge >= 0.3 is 0 Å². The van der Waals surface area contributed by atoms with Gasteiger partial charge in [-0.15, -0.1) is 0 Å². The molecule has 2 nitrogen and oxygen atoms in total. The molecule has 0 fully saturated rings. The lowest BCUT2D eigenvalue weighted by Crippen LogP contribution is -2.17. The zero-order valence-electron chi connectivity index (χ0n) is 32.6. The number of benzene rings is 2. The van der Waals surface area contributed by atoms with Crippen LogP contribution < -0.4 is 4.74 Å². The van der Waals surface area contributed by atoms with Crippen molar-refractivity contribution in [2.24, 2.45) is 0 Å². The average Bonchev–Trinajstić information content (AvgIpc) is 3.06. The van der Waals surface area contributed by atoms with Crippen molar-refractivity contribution in [3.05, 3.63) is 125 Å². The molecular formula is C43H68O2S. The number of ether oxygens (including phenoxy) is 2. The summed E-state index contributed by atoms with van der Waals surface area (Å²) in [5.41, 5.74) is 3.47. The minimum absolute atomic E-state index is 0.155. The fraction of sp³-hybridized carbons (Fsp3) is 0.442. The summed E-state index contributed by atoms with van der Waals surface area (Å²) in [6.07, 6.45) is 14.2. The van der Waals surface area contributed by atoms with Gasteiger partial charge in [-0.2, -0.15) is 0 Å². The van der Waals surface area contributed by atoms with Crippen LogP contribution in [0.15, 0.2) is 119 Å². The van der Waals surface area contributed by atoms with Crippen LogP contribution in [0.3, 0.4) is 0 Å². The molecule has 0 saturated carbocycles. The minimum Gasteiger partial charge on any atom is -0.489 e. The lowest BCUT2D eigenvalue weighted by Gasteiger charge is -2.21. The molecule has 0 spiro atoms. The van der Waals surface area contributed by atoms with Gasteiger partial charge in [-0.05, 0) is 112 Å². The molecule has 0 aliphatic rings. The van der Waals surface area contributed by atoms with E-state index in [0.29, 0.717) is 5.76 Å². The van der Waals surface area contributed by atoms with E-state index in [9.17, 15) is 0 Å². The summed E-state index contributed by atoms with van der Waals surface area (Å²) in [6, 6.07) is 16.8. The Balaban J connectivity index is -0.00000214. The molecule has 0 heterocycles. The molecule has 0 unspecified atom stereocenters. The average molecular weight is 649 g/mol. The second-order valence-corrected chi connectivity index (χ2v) is 12.1. The van der Waals surface area contributed by atoms with Crippen molar-refractivity contribution in [3.63, 3.8) is 0 Å². The van der Waals surface area contributed by atoms with Crippen LogP contribution in [-0.2, 0) is 10.2 Å². The maximum Gasteiger partial charge on any atom is 0.127 e. The van der Waals surface area contributed by atoms with Gasteiger partial charge in [0.2, 0.25) is 0 Å². The first kappa shape index (κ1) is 47.2. The fourth-order valence-corrected chi connectivity index (χ4v) is 4.30. The highest BCUT2D eigenvalue weighted by Crippen LogP contribution is 2.31. The molecule has 0 atom stereocenters. The van der Waals surface area contributed by atoms with Crippen molar-refractivity contribution in [2.45, 2.75) is 134 Å². The Bertz CT molecular complexity index is 1210. The molecule has 0 saturated heterocycles. The summed E-state index contributed by atoms with van der Waals surface area (Å²) in [6.45, 7) is 39.0. The van der Waals surface area contributed by atoms with Gasteiger partial charge in [0.05, 0.1) is 0 Å². The molecule has 3 heteroatoms. The van der Waals surface area contributed by atoms with Crippen molar-refractivity contribution in [1.82, 2.24) is 0 Å². The van der Waals surface area contributed by atoms with E-state index in [2.05, 4.69) is 82.0 Å². The van der Waals surface area contributed by atoms with Crippen LogP contribution in [0.2, 0.25) is 0 Å². The highest BCUT2D eigenvalue weighted by molar-refractivity contribution is 8.03. The molecule has 0 aromatic heterocycles. The van der Waals surface area contributed by atoms with Gasteiger partial charge in [0.25, 0.3) is 0 Å². The SMILES string of the molecule is C=C(/C=C\C(=C/C)Sc1ccc(C(C)(C)C)cc1)Oc1ccc(C(/C=C\C(=C/C)OC(C)(C)C)=C/C)cc1.CC.CC.CC.CC. The van der Waals surface area contributed by atoms with Crippen molar-refractivity contribution in [3.8, 4) is 5.75 Å². The van der Waals surface area contributed by atoms with Gasteiger partial charge < -0.3 is 9.47 Å². The van der Waals surface area contributed by atoms with Gasteiger partial charge in [-0.1, -0.05) is 137 Å². The molecule has 46 heavy (non-hydrogen) atoms. The molecule has 0 amide bonds. The van der Waals surface area contributed by atoms with E-state index in [1.807, 2.05) is 133 Å². The van der Waals surface area contributed by atoms with Crippen LogP contribution in [0.5, 0.6) is 5.75 Å². The molecule has 0 aliphatic heterocycles.